The number of aryl methyl sites for hydroxylation is 1. The van der Waals surface area contributed by atoms with Gasteiger partial charge in [-0.15, -0.1) is 0 Å². The highest BCUT2D eigenvalue weighted by atomic mass is 16.5. The molecule has 0 saturated heterocycles. The third-order valence-electron chi connectivity index (χ3n) is 2.69. The van der Waals surface area contributed by atoms with E-state index in [1.807, 2.05) is 26.8 Å². The number of aromatic carboxylic acids is 1. The standard InChI is InChI=1S/C13H18O3/c1-5-13(3,4)16-10-8-6-7-9(2)11(10)12(14)15/h6-8H,5H2,1-4H3,(H,14,15). The average Bonchev–Trinajstić information content (AvgIpc) is 2.16. The molecule has 0 spiro atoms. The number of carboxylic acids is 1. The first-order chi connectivity index (χ1) is 7.37. The number of benzene rings is 1. The molecule has 0 aromatic heterocycles. The van der Waals surface area contributed by atoms with Crippen molar-refractivity contribution in [2.45, 2.75) is 39.7 Å². The summed E-state index contributed by atoms with van der Waals surface area (Å²) in [5, 5.41) is 9.14. The second kappa shape index (κ2) is 4.56. The summed E-state index contributed by atoms with van der Waals surface area (Å²) in [6, 6.07) is 5.28. The van der Waals surface area contributed by atoms with Crippen LogP contribution in [-0.4, -0.2) is 16.7 Å². The van der Waals surface area contributed by atoms with Crippen molar-refractivity contribution in [3.8, 4) is 5.75 Å². The second-order valence-corrected chi connectivity index (χ2v) is 4.47. The van der Waals surface area contributed by atoms with Crippen LogP contribution in [0.25, 0.3) is 0 Å². The van der Waals surface area contributed by atoms with E-state index in [9.17, 15) is 4.79 Å². The summed E-state index contributed by atoms with van der Waals surface area (Å²) >= 11 is 0. The molecule has 0 fully saturated rings. The Labute approximate surface area is 96.1 Å². The Morgan fingerprint density at radius 1 is 1.44 bits per heavy atom. The third-order valence-corrected chi connectivity index (χ3v) is 2.69. The molecular formula is C13H18O3. The van der Waals surface area contributed by atoms with Crippen molar-refractivity contribution in [2.75, 3.05) is 0 Å². The zero-order valence-electron chi connectivity index (χ0n) is 10.2. The van der Waals surface area contributed by atoms with E-state index in [0.29, 0.717) is 5.75 Å². The van der Waals surface area contributed by atoms with Gasteiger partial charge in [-0.3, -0.25) is 0 Å². The van der Waals surface area contributed by atoms with E-state index in [-0.39, 0.29) is 11.2 Å². The minimum Gasteiger partial charge on any atom is -0.487 e. The Bertz CT molecular complexity index is 394. The molecule has 0 aliphatic carbocycles. The number of hydrogen-bond donors (Lipinski definition) is 1. The van der Waals surface area contributed by atoms with Crippen molar-refractivity contribution in [1.82, 2.24) is 0 Å². The van der Waals surface area contributed by atoms with Crippen LogP contribution in [0, 0.1) is 6.92 Å². The molecular weight excluding hydrogens is 204 g/mol. The van der Waals surface area contributed by atoms with E-state index in [2.05, 4.69) is 0 Å². The van der Waals surface area contributed by atoms with Gasteiger partial charge in [0.2, 0.25) is 0 Å². The number of ether oxygens (including phenoxy) is 1. The van der Waals surface area contributed by atoms with Crippen LogP contribution in [-0.2, 0) is 0 Å². The molecule has 3 nitrogen and oxygen atoms in total. The zero-order chi connectivity index (χ0) is 12.3. The first kappa shape index (κ1) is 12.6. The molecule has 1 aromatic carbocycles. The lowest BCUT2D eigenvalue weighted by atomic mass is 10.0. The van der Waals surface area contributed by atoms with Gasteiger partial charge in [-0.2, -0.15) is 0 Å². The quantitative estimate of drug-likeness (QED) is 0.850. The van der Waals surface area contributed by atoms with Crippen LogP contribution in [0.15, 0.2) is 18.2 Å². The number of carbonyl (C=O) groups is 1. The van der Waals surface area contributed by atoms with Gasteiger partial charge in [-0.25, -0.2) is 4.79 Å². The molecule has 0 aliphatic rings. The van der Waals surface area contributed by atoms with Crippen molar-refractivity contribution in [2.24, 2.45) is 0 Å². The van der Waals surface area contributed by atoms with Crippen molar-refractivity contribution in [1.29, 1.82) is 0 Å². The first-order valence-corrected chi connectivity index (χ1v) is 5.39. The minimum atomic E-state index is -0.944. The summed E-state index contributed by atoms with van der Waals surface area (Å²) in [4.78, 5) is 11.1. The van der Waals surface area contributed by atoms with Crippen LogP contribution in [0.5, 0.6) is 5.75 Å². The van der Waals surface area contributed by atoms with Crippen LogP contribution in [0.1, 0.15) is 43.1 Å². The molecule has 0 radical (unpaired) electrons. The Morgan fingerprint density at radius 2 is 2.06 bits per heavy atom. The maximum atomic E-state index is 11.1. The molecule has 88 valence electrons. The molecule has 0 aliphatic heterocycles. The molecule has 1 rings (SSSR count). The fraction of sp³-hybridized carbons (Fsp3) is 0.462. The predicted octanol–water partition coefficient (Wildman–Crippen LogP) is 3.26. The van der Waals surface area contributed by atoms with Gasteiger partial charge in [-0.1, -0.05) is 19.1 Å². The maximum absolute atomic E-state index is 11.1. The lowest BCUT2D eigenvalue weighted by Crippen LogP contribution is -2.27. The van der Waals surface area contributed by atoms with Crippen molar-refractivity contribution in [3.05, 3.63) is 29.3 Å². The summed E-state index contributed by atoms with van der Waals surface area (Å²) in [5.74, 6) is -0.501. The summed E-state index contributed by atoms with van der Waals surface area (Å²) in [6.07, 6.45) is 0.819. The minimum absolute atomic E-state index is 0.254. The third kappa shape index (κ3) is 2.75. The summed E-state index contributed by atoms with van der Waals surface area (Å²) in [5.41, 5.74) is 0.624. The molecule has 0 heterocycles. The molecule has 0 bridgehead atoms. The smallest absolute Gasteiger partial charge is 0.339 e. The highest BCUT2D eigenvalue weighted by molar-refractivity contribution is 5.92. The number of hydrogen-bond acceptors (Lipinski definition) is 2. The molecule has 0 saturated carbocycles. The Hall–Kier alpha value is -1.51. The second-order valence-electron chi connectivity index (χ2n) is 4.47. The van der Waals surface area contributed by atoms with Gasteiger partial charge in [-0.05, 0) is 38.8 Å². The fourth-order valence-electron chi connectivity index (χ4n) is 1.37. The number of rotatable bonds is 4. The van der Waals surface area contributed by atoms with Gasteiger partial charge in [0.25, 0.3) is 0 Å². The van der Waals surface area contributed by atoms with E-state index in [1.54, 1.807) is 19.1 Å². The Kier molecular flexibility index (Phi) is 3.58. The van der Waals surface area contributed by atoms with Gasteiger partial charge >= 0.3 is 5.97 Å². The van der Waals surface area contributed by atoms with Crippen LogP contribution in [0.2, 0.25) is 0 Å². The van der Waals surface area contributed by atoms with Crippen molar-refractivity contribution in [3.63, 3.8) is 0 Å². The number of carboxylic acid groups (broad SMARTS) is 1. The van der Waals surface area contributed by atoms with E-state index >= 15 is 0 Å². The topological polar surface area (TPSA) is 46.5 Å². The normalized spacial score (nSPS) is 11.2. The Balaban J connectivity index is 3.14. The Morgan fingerprint density at radius 3 is 2.56 bits per heavy atom. The maximum Gasteiger partial charge on any atom is 0.339 e. The van der Waals surface area contributed by atoms with Gasteiger partial charge in [0, 0.05) is 0 Å². The van der Waals surface area contributed by atoms with Gasteiger partial charge < -0.3 is 9.84 Å². The van der Waals surface area contributed by atoms with Gasteiger partial charge in [0.15, 0.2) is 0 Å². The van der Waals surface area contributed by atoms with Gasteiger partial charge in [0.05, 0.1) is 0 Å². The lowest BCUT2D eigenvalue weighted by molar-refractivity contribution is 0.0670. The highest BCUT2D eigenvalue weighted by Gasteiger charge is 2.21. The van der Waals surface area contributed by atoms with Crippen molar-refractivity contribution < 1.29 is 14.6 Å². The summed E-state index contributed by atoms with van der Waals surface area (Å²) in [6.45, 7) is 7.67. The van der Waals surface area contributed by atoms with Gasteiger partial charge in [0.1, 0.15) is 16.9 Å². The van der Waals surface area contributed by atoms with E-state index < -0.39 is 5.97 Å². The zero-order valence-corrected chi connectivity index (χ0v) is 10.2. The highest BCUT2D eigenvalue weighted by Crippen LogP contribution is 2.27. The molecule has 1 aromatic rings. The molecule has 1 N–H and O–H groups in total. The molecule has 0 amide bonds. The largest absolute Gasteiger partial charge is 0.487 e. The van der Waals surface area contributed by atoms with Crippen LogP contribution >= 0.6 is 0 Å². The SMILES string of the molecule is CCC(C)(C)Oc1cccc(C)c1C(=O)O. The van der Waals surface area contributed by atoms with E-state index in [4.69, 9.17) is 9.84 Å². The molecule has 0 unspecified atom stereocenters. The fourth-order valence-corrected chi connectivity index (χ4v) is 1.37. The predicted molar refractivity (Wildman–Crippen MR) is 63.1 cm³/mol. The molecule has 0 atom stereocenters. The van der Waals surface area contributed by atoms with Crippen LogP contribution in [0.4, 0.5) is 0 Å². The van der Waals surface area contributed by atoms with Crippen LogP contribution < -0.4 is 4.74 Å². The average molecular weight is 222 g/mol. The summed E-state index contributed by atoms with van der Waals surface area (Å²) in [7, 11) is 0. The molecule has 3 heteroatoms. The summed E-state index contributed by atoms with van der Waals surface area (Å²) < 4.78 is 5.74. The first-order valence-electron chi connectivity index (χ1n) is 5.39. The molecule has 16 heavy (non-hydrogen) atoms. The van der Waals surface area contributed by atoms with Crippen molar-refractivity contribution >= 4 is 5.97 Å². The lowest BCUT2D eigenvalue weighted by Gasteiger charge is -2.26. The van der Waals surface area contributed by atoms with Crippen LogP contribution in [0.3, 0.4) is 0 Å². The monoisotopic (exact) mass is 222 g/mol. The van der Waals surface area contributed by atoms with E-state index in [0.717, 1.165) is 12.0 Å². The van der Waals surface area contributed by atoms with E-state index in [1.165, 1.54) is 0 Å².